The third-order valence-electron chi connectivity index (χ3n) is 6.26. The van der Waals surface area contributed by atoms with E-state index in [2.05, 4.69) is 55.9 Å². The molecule has 2 aromatic carbocycles. The summed E-state index contributed by atoms with van der Waals surface area (Å²) in [6, 6.07) is 15.6. The molecule has 1 aliphatic rings. The summed E-state index contributed by atoms with van der Waals surface area (Å²) in [5.74, 6) is 1.61. The highest BCUT2D eigenvalue weighted by molar-refractivity contribution is 5.96. The van der Waals surface area contributed by atoms with Gasteiger partial charge in [0.15, 0.2) is 5.82 Å². The number of nitrogens with one attached hydrogen (secondary N) is 1. The van der Waals surface area contributed by atoms with E-state index >= 15 is 0 Å². The topological polar surface area (TPSA) is 75.5 Å². The van der Waals surface area contributed by atoms with Gasteiger partial charge in [-0.3, -0.25) is 19.2 Å². The Labute approximate surface area is 195 Å². The number of hydrogen-bond donors (Lipinski definition) is 1. The number of ether oxygens (including phenoxy) is 1. The van der Waals surface area contributed by atoms with Crippen LogP contribution in [0.3, 0.4) is 0 Å². The van der Waals surface area contributed by atoms with Crippen LogP contribution in [-0.4, -0.2) is 69.8 Å². The van der Waals surface area contributed by atoms with Gasteiger partial charge in [0.25, 0.3) is 0 Å². The van der Waals surface area contributed by atoms with Crippen LogP contribution in [0.5, 0.6) is 5.75 Å². The fourth-order valence-electron chi connectivity index (χ4n) is 4.41. The minimum Gasteiger partial charge on any atom is -0.495 e. The molecule has 0 bridgehead atoms. The molecule has 4 rings (SSSR count). The minimum atomic E-state index is -0.173. The Morgan fingerprint density at radius 3 is 2.55 bits per heavy atom. The molecule has 1 atom stereocenters. The first kappa shape index (κ1) is 22.9. The van der Waals surface area contributed by atoms with Crippen molar-refractivity contribution in [3.8, 4) is 11.4 Å². The number of carbonyl (C=O) groups excluding carboxylic acids is 1. The number of methoxy groups -OCH3 is 1. The zero-order valence-corrected chi connectivity index (χ0v) is 19.6. The number of anilines is 1. The highest BCUT2D eigenvalue weighted by Gasteiger charge is 2.28. The lowest BCUT2D eigenvalue weighted by Crippen LogP contribution is -2.53. The number of carbonyl (C=O) groups is 1. The van der Waals surface area contributed by atoms with E-state index in [1.54, 1.807) is 13.4 Å². The smallest absolute Gasteiger partial charge is 0.241 e. The molecule has 174 valence electrons. The van der Waals surface area contributed by atoms with Gasteiger partial charge in [-0.25, -0.2) is 0 Å². The van der Waals surface area contributed by atoms with E-state index in [-0.39, 0.29) is 11.9 Å². The van der Waals surface area contributed by atoms with Crippen LogP contribution in [0.1, 0.15) is 24.7 Å². The number of nitrogens with zero attached hydrogens (tertiary/aromatic N) is 5. The number of piperazine rings is 1. The zero-order valence-electron chi connectivity index (χ0n) is 19.6. The quantitative estimate of drug-likeness (QED) is 0.571. The van der Waals surface area contributed by atoms with Crippen LogP contribution in [0.15, 0.2) is 54.9 Å². The summed E-state index contributed by atoms with van der Waals surface area (Å²) >= 11 is 0. The predicted octanol–water partition coefficient (Wildman–Crippen LogP) is 3.12. The first-order valence-electron chi connectivity index (χ1n) is 11.5. The molecule has 1 unspecified atom stereocenters. The molecule has 0 aliphatic carbocycles. The molecule has 8 nitrogen and oxygen atoms in total. The number of aromatic nitrogens is 3. The minimum absolute atomic E-state index is 0.00902. The monoisotopic (exact) mass is 448 g/mol. The van der Waals surface area contributed by atoms with Gasteiger partial charge in [0, 0.05) is 26.2 Å². The standard InChI is InChI=1S/C25H32N6O2/c1-4-21(25(32)27-20-10-6-8-12-23(20)33-3)30-15-13-29(14-16-30)17-24-28-26-18-31(24)22-11-7-5-9-19(22)2/h5-12,18,21H,4,13-17H2,1-3H3,(H,27,32). The first-order chi connectivity index (χ1) is 16.1. The maximum Gasteiger partial charge on any atom is 0.241 e. The molecular weight excluding hydrogens is 416 g/mol. The Hall–Kier alpha value is -3.23. The van der Waals surface area contributed by atoms with E-state index < -0.39 is 0 Å². The second-order valence-electron chi connectivity index (χ2n) is 8.33. The van der Waals surface area contributed by atoms with E-state index in [9.17, 15) is 4.79 Å². The first-order valence-corrected chi connectivity index (χ1v) is 11.5. The highest BCUT2D eigenvalue weighted by Crippen LogP contribution is 2.24. The van der Waals surface area contributed by atoms with Crippen molar-refractivity contribution in [2.75, 3.05) is 38.6 Å². The van der Waals surface area contributed by atoms with Gasteiger partial charge in [0.05, 0.1) is 31.1 Å². The molecule has 1 aromatic heterocycles. The molecule has 1 fully saturated rings. The van der Waals surface area contributed by atoms with Crippen molar-refractivity contribution >= 4 is 11.6 Å². The lowest BCUT2D eigenvalue weighted by molar-refractivity contribution is -0.122. The van der Waals surface area contributed by atoms with Gasteiger partial charge in [-0.2, -0.15) is 0 Å². The lowest BCUT2D eigenvalue weighted by Gasteiger charge is -2.38. The molecular formula is C25H32N6O2. The summed E-state index contributed by atoms with van der Waals surface area (Å²) in [6.07, 6.45) is 2.53. The Morgan fingerprint density at radius 2 is 1.82 bits per heavy atom. The highest BCUT2D eigenvalue weighted by atomic mass is 16.5. The summed E-state index contributed by atoms with van der Waals surface area (Å²) in [6.45, 7) is 8.29. The van der Waals surface area contributed by atoms with Crippen LogP contribution in [0.2, 0.25) is 0 Å². The SMILES string of the molecule is CCC(C(=O)Nc1ccccc1OC)N1CCN(Cc2nncn2-c2ccccc2C)CC1. The van der Waals surface area contributed by atoms with Crippen molar-refractivity contribution in [3.05, 3.63) is 66.2 Å². The number of aryl methyl sites for hydroxylation is 1. The van der Waals surface area contributed by atoms with E-state index in [1.807, 2.05) is 36.4 Å². The molecule has 0 spiro atoms. The molecule has 1 amide bonds. The fourth-order valence-corrected chi connectivity index (χ4v) is 4.41. The van der Waals surface area contributed by atoms with Gasteiger partial charge in [-0.15, -0.1) is 10.2 Å². The summed E-state index contributed by atoms with van der Waals surface area (Å²) in [4.78, 5) is 17.7. The maximum absolute atomic E-state index is 13.0. The van der Waals surface area contributed by atoms with E-state index in [0.29, 0.717) is 11.4 Å². The number of hydrogen-bond acceptors (Lipinski definition) is 6. The van der Waals surface area contributed by atoms with Gasteiger partial charge in [0.1, 0.15) is 12.1 Å². The summed E-state index contributed by atoms with van der Waals surface area (Å²) in [5.41, 5.74) is 3.00. The van der Waals surface area contributed by atoms with Crippen molar-refractivity contribution < 1.29 is 9.53 Å². The van der Waals surface area contributed by atoms with E-state index in [0.717, 1.165) is 50.7 Å². The molecule has 0 radical (unpaired) electrons. The summed E-state index contributed by atoms with van der Waals surface area (Å²) in [7, 11) is 1.61. The van der Waals surface area contributed by atoms with Crippen LogP contribution in [-0.2, 0) is 11.3 Å². The van der Waals surface area contributed by atoms with Crippen LogP contribution in [0.4, 0.5) is 5.69 Å². The van der Waals surface area contributed by atoms with Gasteiger partial charge >= 0.3 is 0 Å². The van der Waals surface area contributed by atoms with Crippen LogP contribution >= 0.6 is 0 Å². The average molecular weight is 449 g/mol. The normalized spacial score (nSPS) is 15.8. The number of amides is 1. The van der Waals surface area contributed by atoms with E-state index in [4.69, 9.17) is 4.74 Å². The maximum atomic E-state index is 13.0. The average Bonchev–Trinajstić information content (AvgIpc) is 3.29. The Balaban J connectivity index is 1.36. The van der Waals surface area contributed by atoms with Crippen molar-refractivity contribution in [2.45, 2.75) is 32.9 Å². The van der Waals surface area contributed by atoms with Gasteiger partial charge in [-0.05, 0) is 37.1 Å². The Bertz CT molecular complexity index is 1070. The third kappa shape index (κ3) is 5.23. The Morgan fingerprint density at radius 1 is 1.09 bits per heavy atom. The van der Waals surface area contributed by atoms with Crippen LogP contribution in [0, 0.1) is 6.92 Å². The van der Waals surface area contributed by atoms with Crippen molar-refractivity contribution in [1.29, 1.82) is 0 Å². The van der Waals surface area contributed by atoms with Crippen LogP contribution < -0.4 is 10.1 Å². The largest absolute Gasteiger partial charge is 0.495 e. The molecule has 2 heterocycles. The second-order valence-corrected chi connectivity index (χ2v) is 8.33. The molecule has 33 heavy (non-hydrogen) atoms. The molecule has 0 saturated carbocycles. The van der Waals surface area contributed by atoms with Crippen LogP contribution in [0.25, 0.3) is 5.69 Å². The Kier molecular flexibility index (Phi) is 7.36. The molecule has 3 aromatic rings. The van der Waals surface area contributed by atoms with Gasteiger partial charge < -0.3 is 10.1 Å². The van der Waals surface area contributed by atoms with E-state index in [1.165, 1.54) is 5.56 Å². The lowest BCUT2D eigenvalue weighted by atomic mass is 10.1. The van der Waals surface area contributed by atoms with Gasteiger partial charge in [-0.1, -0.05) is 37.3 Å². The number of benzene rings is 2. The second kappa shape index (κ2) is 10.6. The molecule has 1 aliphatic heterocycles. The van der Waals surface area contributed by atoms with Crippen molar-refractivity contribution in [2.24, 2.45) is 0 Å². The zero-order chi connectivity index (χ0) is 23.2. The summed E-state index contributed by atoms with van der Waals surface area (Å²) in [5, 5.41) is 11.6. The molecule has 8 heteroatoms. The molecule has 1 N–H and O–H groups in total. The van der Waals surface area contributed by atoms with Crippen molar-refractivity contribution in [1.82, 2.24) is 24.6 Å². The van der Waals surface area contributed by atoms with Gasteiger partial charge in [0.2, 0.25) is 5.91 Å². The number of rotatable bonds is 8. The third-order valence-corrected chi connectivity index (χ3v) is 6.26. The fraction of sp³-hybridized carbons (Fsp3) is 0.400. The summed E-state index contributed by atoms with van der Waals surface area (Å²) < 4.78 is 7.44. The predicted molar refractivity (Wildman–Crippen MR) is 129 cm³/mol. The van der Waals surface area contributed by atoms with Crippen molar-refractivity contribution in [3.63, 3.8) is 0 Å². The molecule has 1 saturated heterocycles. The number of para-hydroxylation sites is 3.